The Bertz CT molecular complexity index is 615. The first kappa shape index (κ1) is 16.8. The van der Waals surface area contributed by atoms with Gasteiger partial charge in [0.25, 0.3) is 0 Å². The SMILES string of the molecule is C[C@H](NC(=O)[C@H]1CC=CC[C@@H]1C(=O)O)c1ccc(Cl)cc1Cl. The topological polar surface area (TPSA) is 66.4 Å². The van der Waals surface area contributed by atoms with Crippen LogP contribution in [0.5, 0.6) is 0 Å². The Labute approximate surface area is 139 Å². The summed E-state index contributed by atoms with van der Waals surface area (Å²) in [5.74, 6) is -2.45. The van der Waals surface area contributed by atoms with E-state index in [-0.39, 0.29) is 11.9 Å². The zero-order valence-electron chi connectivity index (χ0n) is 12.1. The highest BCUT2D eigenvalue weighted by Gasteiger charge is 2.34. The zero-order valence-corrected chi connectivity index (χ0v) is 13.6. The minimum Gasteiger partial charge on any atom is -0.481 e. The van der Waals surface area contributed by atoms with Gasteiger partial charge in [-0.2, -0.15) is 0 Å². The van der Waals surface area contributed by atoms with Crippen LogP contribution in [0.4, 0.5) is 0 Å². The smallest absolute Gasteiger partial charge is 0.307 e. The molecule has 0 spiro atoms. The van der Waals surface area contributed by atoms with Crippen molar-refractivity contribution in [3.63, 3.8) is 0 Å². The van der Waals surface area contributed by atoms with E-state index in [2.05, 4.69) is 5.32 Å². The predicted molar refractivity (Wildman–Crippen MR) is 86.0 cm³/mol. The molecule has 0 fully saturated rings. The molecule has 0 bridgehead atoms. The predicted octanol–water partition coefficient (Wildman–Crippen LogP) is 3.84. The molecule has 1 aliphatic carbocycles. The molecule has 0 aromatic heterocycles. The van der Waals surface area contributed by atoms with E-state index in [0.29, 0.717) is 22.9 Å². The summed E-state index contributed by atoms with van der Waals surface area (Å²) in [6.07, 6.45) is 4.47. The van der Waals surface area contributed by atoms with Gasteiger partial charge >= 0.3 is 5.97 Å². The quantitative estimate of drug-likeness (QED) is 0.817. The van der Waals surface area contributed by atoms with Gasteiger partial charge in [0.05, 0.1) is 17.9 Å². The second-order valence-electron chi connectivity index (χ2n) is 5.39. The Morgan fingerprint density at radius 1 is 1.23 bits per heavy atom. The van der Waals surface area contributed by atoms with Gasteiger partial charge in [-0.1, -0.05) is 41.4 Å². The average molecular weight is 342 g/mol. The molecule has 0 saturated carbocycles. The molecule has 22 heavy (non-hydrogen) atoms. The third kappa shape index (κ3) is 3.81. The fraction of sp³-hybridized carbons (Fsp3) is 0.375. The molecule has 0 aliphatic heterocycles. The van der Waals surface area contributed by atoms with E-state index in [9.17, 15) is 14.7 Å². The third-order valence-corrected chi connectivity index (χ3v) is 4.44. The summed E-state index contributed by atoms with van der Waals surface area (Å²) in [5, 5.41) is 13.1. The number of carbonyl (C=O) groups is 2. The highest BCUT2D eigenvalue weighted by molar-refractivity contribution is 6.35. The zero-order chi connectivity index (χ0) is 16.3. The summed E-state index contributed by atoms with van der Waals surface area (Å²) >= 11 is 12.0. The summed E-state index contributed by atoms with van der Waals surface area (Å²) in [7, 11) is 0. The molecule has 1 amide bonds. The third-order valence-electron chi connectivity index (χ3n) is 3.87. The normalized spacial score (nSPS) is 22.1. The average Bonchev–Trinajstić information content (AvgIpc) is 2.46. The van der Waals surface area contributed by atoms with Crippen molar-refractivity contribution in [1.29, 1.82) is 0 Å². The molecule has 4 nitrogen and oxygen atoms in total. The van der Waals surface area contributed by atoms with Crippen molar-refractivity contribution in [2.24, 2.45) is 11.8 Å². The molecule has 118 valence electrons. The van der Waals surface area contributed by atoms with Gasteiger partial charge in [0, 0.05) is 10.0 Å². The second kappa shape index (κ2) is 7.16. The number of carboxylic acid groups (broad SMARTS) is 1. The number of carboxylic acids is 1. The number of allylic oxidation sites excluding steroid dienone is 2. The monoisotopic (exact) mass is 341 g/mol. The number of amides is 1. The molecular weight excluding hydrogens is 325 g/mol. The van der Waals surface area contributed by atoms with Crippen LogP contribution < -0.4 is 5.32 Å². The molecule has 1 aliphatic rings. The number of hydrogen-bond acceptors (Lipinski definition) is 2. The number of aliphatic carboxylic acids is 1. The van der Waals surface area contributed by atoms with Crippen LogP contribution in [-0.4, -0.2) is 17.0 Å². The summed E-state index contributed by atoms with van der Waals surface area (Å²) < 4.78 is 0. The van der Waals surface area contributed by atoms with Crippen molar-refractivity contribution in [1.82, 2.24) is 5.32 Å². The van der Waals surface area contributed by atoms with Crippen molar-refractivity contribution >= 4 is 35.1 Å². The maximum absolute atomic E-state index is 12.4. The minimum absolute atomic E-state index is 0.268. The number of halogens is 2. The molecule has 0 unspecified atom stereocenters. The Morgan fingerprint density at radius 3 is 2.45 bits per heavy atom. The van der Waals surface area contributed by atoms with Crippen LogP contribution in [0, 0.1) is 11.8 Å². The van der Waals surface area contributed by atoms with E-state index in [4.69, 9.17) is 23.2 Å². The van der Waals surface area contributed by atoms with Crippen molar-refractivity contribution in [2.45, 2.75) is 25.8 Å². The molecule has 0 saturated heterocycles. The second-order valence-corrected chi connectivity index (χ2v) is 6.23. The minimum atomic E-state index is -0.943. The van der Waals surface area contributed by atoms with Gasteiger partial charge in [-0.25, -0.2) is 0 Å². The van der Waals surface area contributed by atoms with Crippen molar-refractivity contribution in [3.05, 3.63) is 46.0 Å². The molecule has 1 aromatic carbocycles. The van der Waals surface area contributed by atoms with Crippen molar-refractivity contribution in [3.8, 4) is 0 Å². The van der Waals surface area contributed by atoms with Crippen LogP contribution >= 0.6 is 23.2 Å². The summed E-state index contributed by atoms with van der Waals surface area (Å²) in [6.45, 7) is 1.81. The molecular formula is C16H17Cl2NO3. The van der Waals surface area contributed by atoms with E-state index in [1.54, 1.807) is 18.2 Å². The first-order chi connectivity index (χ1) is 10.4. The van der Waals surface area contributed by atoms with E-state index in [0.717, 1.165) is 5.56 Å². The molecule has 2 N–H and O–H groups in total. The molecule has 2 rings (SSSR count). The van der Waals surface area contributed by atoms with Gasteiger partial charge in [0.2, 0.25) is 5.91 Å². The van der Waals surface area contributed by atoms with Gasteiger partial charge in [0.1, 0.15) is 0 Å². The molecule has 1 aromatic rings. The highest BCUT2D eigenvalue weighted by Crippen LogP contribution is 2.29. The Morgan fingerprint density at radius 2 is 1.86 bits per heavy atom. The van der Waals surface area contributed by atoms with E-state index in [1.165, 1.54) is 0 Å². The number of carbonyl (C=O) groups excluding carboxylic acids is 1. The van der Waals surface area contributed by atoms with E-state index in [1.807, 2.05) is 19.1 Å². The Kier molecular flexibility index (Phi) is 5.48. The fourth-order valence-corrected chi connectivity index (χ4v) is 3.20. The number of nitrogens with one attached hydrogen (secondary N) is 1. The van der Waals surface area contributed by atoms with Gasteiger partial charge in [-0.15, -0.1) is 0 Å². The lowest BCUT2D eigenvalue weighted by Gasteiger charge is -2.26. The van der Waals surface area contributed by atoms with Crippen LogP contribution in [0.15, 0.2) is 30.4 Å². The van der Waals surface area contributed by atoms with Crippen LogP contribution in [-0.2, 0) is 9.59 Å². The van der Waals surface area contributed by atoms with Crippen molar-refractivity contribution in [2.75, 3.05) is 0 Å². The Balaban J connectivity index is 2.10. The summed E-state index contributed by atoms with van der Waals surface area (Å²) in [6, 6.07) is 4.75. The lowest BCUT2D eigenvalue weighted by Crippen LogP contribution is -2.39. The molecule has 6 heteroatoms. The van der Waals surface area contributed by atoms with Crippen LogP contribution in [0.2, 0.25) is 10.0 Å². The van der Waals surface area contributed by atoms with Crippen molar-refractivity contribution < 1.29 is 14.7 Å². The van der Waals surface area contributed by atoms with Gasteiger partial charge in [0.15, 0.2) is 0 Å². The molecule has 0 heterocycles. The number of benzene rings is 1. The summed E-state index contributed by atoms with van der Waals surface area (Å²) in [5.41, 5.74) is 0.748. The van der Waals surface area contributed by atoms with Crippen LogP contribution in [0.3, 0.4) is 0 Å². The Hall–Kier alpha value is -1.52. The number of hydrogen-bond donors (Lipinski definition) is 2. The van der Waals surface area contributed by atoms with Gasteiger partial charge < -0.3 is 10.4 Å². The first-order valence-corrected chi connectivity index (χ1v) is 7.79. The fourth-order valence-electron chi connectivity index (χ4n) is 2.63. The van der Waals surface area contributed by atoms with Gasteiger partial charge in [-0.05, 0) is 37.5 Å². The summed E-state index contributed by atoms with van der Waals surface area (Å²) in [4.78, 5) is 23.7. The van der Waals surface area contributed by atoms with E-state index >= 15 is 0 Å². The van der Waals surface area contributed by atoms with Crippen LogP contribution in [0.1, 0.15) is 31.4 Å². The van der Waals surface area contributed by atoms with E-state index < -0.39 is 17.8 Å². The standard InChI is InChI=1S/C16H17Cl2NO3/c1-9(11-7-6-10(17)8-14(11)18)19-15(20)12-4-2-3-5-13(12)16(21)22/h2-3,6-9,12-13H,4-5H2,1H3,(H,19,20)(H,21,22)/t9-,12-,13-/m0/s1. The first-order valence-electron chi connectivity index (χ1n) is 7.03. The maximum Gasteiger partial charge on any atom is 0.307 e. The van der Waals surface area contributed by atoms with Gasteiger partial charge in [-0.3, -0.25) is 9.59 Å². The van der Waals surface area contributed by atoms with Crippen LogP contribution in [0.25, 0.3) is 0 Å². The number of rotatable bonds is 4. The largest absolute Gasteiger partial charge is 0.481 e. The lowest BCUT2D eigenvalue weighted by atomic mass is 9.82. The highest BCUT2D eigenvalue weighted by atomic mass is 35.5. The molecule has 0 radical (unpaired) electrons. The molecule has 3 atom stereocenters. The maximum atomic E-state index is 12.4. The lowest BCUT2D eigenvalue weighted by molar-refractivity contribution is -0.147.